The van der Waals surface area contributed by atoms with Crippen LogP contribution in [0.5, 0.6) is 0 Å². The third kappa shape index (κ3) is 17.9. The molecule has 19 heavy (non-hydrogen) atoms. The Hall–Kier alpha value is -0.0800. The Labute approximate surface area is 121 Å². The van der Waals surface area contributed by atoms with Gasteiger partial charge in [0.05, 0.1) is 0 Å². The molecule has 0 unspecified atom stereocenters. The van der Waals surface area contributed by atoms with Crippen molar-refractivity contribution in [2.24, 2.45) is 0 Å². The van der Waals surface area contributed by atoms with Gasteiger partial charge in [0, 0.05) is 13.2 Å². The molecule has 1 N–H and O–H groups in total. The van der Waals surface area contributed by atoms with Crippen molar-refractivity contribution < 1.29 is 4.74 Å². The quantitative estimate of drug-likeness (QED) is 0.409. The lowest BCUT2D eigenvalue weighted by molar-refractivity contribution is 0.127. The Morgan fingerprint density at radius 2 is 1.37 bits per heavy atom. The highest BCUT2D eigenvalue weighted by Gasteiger charge is 1.93. The van der Waals surface area contributed by atoms with E-state index in [1.165, 1.54) is 64.3 Å². The first-order valence-electron chi connectivity index (χ1n) is 8.49. The van der Waals surface area contributed by atoms with Crippen LogP contribution in [-0.4, -0.2) is 26.3 Å². The summed E-state index contributed by atoms with van der Waals surface area (Å²) in [6.45, 7) is 10.3. The molecule has 0 spiro atoms. The van der Waals surface area contributed by atoms with E-state index in [9.17, 15) is 0 Å². The monoisotopic (exact) mass is 270 g/mol. The summed E-state index contributed by atoms with van der Waals surface area (Å²) in [6.07, 6.45) is 14.1. The second-order valence-electron chi connectivity index (χ2n) is 5.40. The molecule has 0 amide bonds. The van der Waals surface area contributed by atoms with E-state index < -0.39 is 0 Å². The first-order chi connectivity index (χ1) is 9.41. The first kappa shape index (κ1) is 18.9. The molecule has 0 bridgehead atoms. The lowest BCUT2D eigenvalue weighted by atomic mass is 10.1. The predicted octanol–water partition coefficient (Wildman–Crippen LogP) is 4.74. The first-order valence-corrected chi connectivity index (χ1v) is 8.49. The Kier molecular flexibility index (Phi) is 17.8. The molecule has 0 rings (SSSR count). The third-order valence-electron chi connectivity index (χ3n) is 3.39. The van der Waals surface area contributed by atoms with E-state index in [1.54, 1.807) is 0 Å². The smallest absolute Gasteiger partial charge is 0.0478 e. The van der Waals surface area contributed by atoms with Crippen LogP contribution in [0.3, 0.4) is 0 Å². The second-order valence-corrected chi connectivity index (χ2v) is 5.40. The molecular formula is C17H36NO. The minimum atomic E-state index is 0.919. The maximum absolute atomic E-state index is 5.64. The molecule has 115 valence electrons. The van der Waals surface area contributed by atoms with Gasteiger partial charge in [-0.15, -0.1) is 0 Å². The van der Waals surface area contributed by atoms with Crippen LogP contribution in [-0.2, 0) is 4.74 Å². The van der Waals surface area contributed by atoms with Gasteiger partial charge in [0.25, 0.3) is 0 Å². The molecule has 2 nitrogen and oxygen atoms in total. The van der Waals surface area contributed by atoms with Crippen LogP contribution >= 0.6 is 0 Å². The number of unbranched alkanes of at least 4 members (excludes halogenated alkanes) is 8. The minimum absolute atomic E-state index is 0.919. The maximum Gasteiger partial charge on any atom is 0.0478 e. The normalized spacial score (nSPS) is 11.1. The average molecular weight is 270 g/mol. The summed E-state index contributed by atoms with van der Waals surface area (Å²) in [6, 6.07) is 0. The molecule has 0 aliphatic carbocycles. The molecule has 0 aromatic rings. The molecule has 0 saturated heterocycles. The summed E-state index contributed by atoms with van der Waals surface area (Å²) >= 11 is 0. The Morgan fingerprint density at radius 3 is 2.11 bits per heavy atom. The van der Waals surface area contributed by atoms with Crippen LogP contribution in [0.15, 0.2) is 0 Å². The lowest BCUT2D eigenvalue weighted by Crippen LogP contribution is -2.18. The third-order valence-corrected chi connectivity index (χ3v) is 3.39. The predicted molar refractivity (Wildman–Crippen MR) is 85.5 cm³/mol. The van der Waals surface area contributed by atoms with Gasteiger partial charge >= 0.3 is 0 Å². The van der Waals surface area contributed by atoms with E-state index in [0.717, 1.165) is 32.6 Å². The molecule has 0 aliphatic rings. The standard InChI is InChI=1S/C17H36NO/c1-3-5-7-8-9-10-12-16-19-17-13-15-18-14-11-6-4-2/h18H,1,3-17H2,2H3. The van der Waals surface area contributed by atoms with Crippen molar-refractivity contribution in [1.29, 1.82) is 0 Å². The van der Waals surface area contributed by atoms with Gasteiger partial charge in [-0.05, 0) is 32.4 Å². The molecule has 0 aliphatic heterocycles. The molecule has 1 radical (unpaired) electrons. The number of nitrogens with one attached hydrogen (secondary N) is 1. The zero-order chi connectivity index (χ0) is 14.0. The van der Waals surface area contributed by atoms with Crippen molar-refractivity contribution in [3.8, 4) is 0 Å². The van der Waals surface area contributed by atoms with Crippen molar-refractivity contribution in [2.75, 3.05) is 26.3 Å². The van der Waals surface area contributed by atoms with Crippen LogP contribution < -0.4 is 5.32 Å². The van der Waals surface area contributed by atoms with Gasteiger partial charge in [-0.2, -0.15) is 0 Å². The Bertz CT molecular complexity index is 134. The number of hydrogen-bond donors (Lipinski definition) is 1. The summed E-state index contributed by atoms with van der Waals surface area (Å²) in [5.74, 6) is 0. The fourth-order valence-electron chi connectivity index (χ4n) is 2.11. The average Bonchev–Trinajstić information content (AvgIpc) is 2.43. The number of ether oxygens (including phenoxy) is 1. The fourth-order valence-corrected chi connectivity index (χ4v) is 2.11. The van der Waals surface area contributed by atoms with Gasteiger partial charge < -0.3 is 10.1 Å². The van der Waals surface area contributed by atoms with Crippen LogP contribution in [0.4, 0.5) is 0 Å². The van der Waals surface area contributed by atoms with Gasteiger partial charge in [-0.25, -0.2) is 0 Å². The van der Waals surface area contributed by atoms with E-state index in [-0.39, 0.29) is 0 Å². The van der Waals surface area contributed by atoms with Crippen LogP contribution in [0.2, 0.25) is 0 Å². The topological polar surface area (TPSA) is 21.3 Å². The molecule has 0 saturated carbocycles. The van der Waals surface area contributed by atoms with Crippen LogP contribution in [0.1, 0.15) is 77.6 Å². The van der Waals surface area contributed by atoms with Crippen molar-refractivity contribution in [1.82, 2.24) is 5.32 Å². The van der Waals surface area contributed by atoms with Crippen molar-refractivity contribution in [3.05, 3.63) is 6.92 Å². The molecule has 0 atom stereocenters. The highest BCUT2D eigenvalue weighted by atomic mass is 16.5. The highest BCUT2D eigenvalue weighted by molar-refractivity contribution is 4.49. The van der Waals surface area contributed by atoms with Gasteiger partial charge in [-0.3, -0.25) is 0 Å². The zero-order valence-electron chi connectivity index (χ0n) is 13.2. The van der Waals surface area contributed by atoms with Crippen molar-refractivity contribution in [2.45, 2.75) is 77.6 Å². The lowest BCUT2D eigenvalue weighted by Gasteiger charge is -2.06. The summed E-state index contributed by atoms with van der Waals surface area (Å²) in [5.41, 5.74) is 0. The SMILES string of the molecule is [CH2]CCCCCCCCOCCCNCCCCC. The van der Waals surface area contributed by atoms with Crippen molar-refractivity contribution >= 4 is 0 Å². The van der Waals surface area contributed by atoms with E-state index in [4.69, 9.17) is 4.74 Å². The van der Waals surface area contributed by atoms with Crippen molar-refractivity contribution in [3.63, 3.8) is 0 Å². The van der Waals surface area contributed by atoms with Gasteiger partial charge in [0.15, 0.2) is 0 Å². The molecule has 0 fully saturated rings. The van der Waals surface area contributed by atoms with Crippen LogP contribution in [0.25, 0.3) is 0 Å². The molecule has 0 heterocycles. The molecule has 2 heteroatoms. The molecule has 0 aromatic heterocycles. The summed E-state index contributed by atoms with van der Waals surface area (Å²) in [7, 11) is 0. The highest BCUT2D eigenvalue weighted by Crippen LogP contribution is 2.06. The Balaban J connectivity index is 2.88. The minimum Gasteiger partial charge on any atom is -0.381 e. The summed E-state index contributed by atoms with van der Waals surface area (Å²) in [5, 5.41) is 3.47. The maximum atomic E-state index is 5.64. The summed E-state index contributed by atoms with van der Waals surface area (Å²) < 4.78 is 5.64. The van der Waals surface area contributed by atoms with Gasteiger partial charge in [0.2, 0.25) is 0 Å². The van der Waals surface area contributed by atoms with E-state index >= 15 is 0 Å². The Morgan fingerprint density at radius 1 is 0.737 bits per heavy atom. The number of rotatable bonds is 16. The zero-order valence-corrected chi connectivity index (χ0v) is 13.2. The summed E-state index contributed by atoms with van der Waals surface area (Å²) in [4.78, 5) is 0. The fraction of sp³-hybridized carbons (Fsp3) is 0.941. The molecule has 0 aromatic carbocycles. The van der Waals surface area contributed by atoms with Crippen LogP contribution in [0, 0.1) is 6.92 Å². The van der Waals surface area contributed by atoms with Gasteiger partial charge in [-0.1, -0.05) is 65.2 Å². The molecular weight excluding hydrogens is 234 g/mol. The second kappa shape index (κ2) is 17.9. The van der Waals surface area contributed by atoms with E-state index in [0.29, 0.717) is 0 Å². The largest absolute Gasteiger partial charge is 0.381 e. The van der Waals surface area contributed by atoms with Gasteiger partial charge in [0.1, 0.15) is 0 Å². The van der Waals surface area contributed by atoms with E-state index in [2.05, 4.69) is 19.2 Å². The van der Waals surface area contributed by atoms with E-state index in [1.807, 2.05) is 0 Å². The number of hydrogen-bond acceptors (Lipinski definition) is 2.